The van der Waals surface area contributed by atoms with Gasteiger partial charge in [0.2, 0.25) is 0 Å². The predicted molar refractivity (Wildman–Crippen MR) is 91.6 cm³/mol. The number of nitrogens with zero attached hydrogens (tertiary/aromatic N) is 2. The van der Waals surface area contributed by atoms with Crippen molar-refractivity contribution in [3.8, 4) is 0 Å². The Balaban J connectivity index is 1.89. The number of urea groups is 1. The molecule has 0 bridgehead atoms. The number of anilines is 1. The van der Waals surface area contributed by atoms with Crippen LogP contribution < -0.4 is 5.32 Å². The molecule has 2 rings (SSSR count). The van der Waals surface area contributed by atoms with E-state index in [0.29, 0.717) is 50.6 Å². The zero-order valence-corrected chi connectivity index (χ0v) is 14.5. The van der Waals surface area contributed by atoms with Crippen molar-refractivity contribution in [1.29, 1.82) is 0 Å². The first-order chi connectivity index (χ1) is 12.0. The summed E-state index contributed by atoms with van der Waals surface area (Å²) in [6.07, 6.45) is -0.357. The van der Waals surface area contributed by atoms with E-state index in [4.69, 9.17) is 9.47 Å². The van der Waals surface area contributed by atoms with Crippen LogP contribution in [0.25, 0.3) is 0 Å². The summed E-state index contributed by atoms with van der Waals surface area (Å²) < 4.78 is 9.90. The van der Waals surface area contributed by atoms with Gasteiger partial charge in [0.15, 0.2) is 0 Å². The highest BCUT2D eigenvalue weighted by Gasteiger charge is 2.24. The first-order valence-corrected chi connectivity index (χ1v) is 8.30. The molecule has 0 atom stereocenters. The molecular weight excluding hydrogens is 326 g/mol. The summed E-state index contributed by atoms with van der Waals surface area (Å²) in [6.45, 7) is 5.80. The number of hydrogen-bond donors (Lipinski definition) is 1. The normalized spacial score (nSPS) is 14.0. The van der Waals surface area contributed by atoms with E-state index >= 15 is 0 Å². The van der Waals surface area contributed by atoms with Crippen molar-refractivity contribution in [2.24, 2.45) is 0 Å². The van der Waals surface area contributed by atoms with Crippen LogP contribution in [0.5, 0.6) is 0 Å². The Hall–Kier alpha value is -2.77. The Morgan fingerprint density at radius 3 is 2.28 bits per heavy atom. The number of ether oxygens (including phenoxy) is 2. The van der Waals surface area contributed by atoms with Gasteiger partial charge in [-0.1, -0.05) is 6.07 Å². The van der Waals surface area contributed by atoms with Crippen LogP contribution in [0.2, 0.25) is 0 Å². The van der Waals surface area contributed by atoms with Crippen LogP contribution in [0.1, 0.15) is 24.2 Å². The molecule has 1 fully saturated rings. The molecule has 3 amide bonds. The van der Waals surface area contributed by atoms with Crippen LogP contribution in [0, 0.1) is 0 Å². The molecule has 1 aliphatic rings. The summed E-state index contributed by atoms with van der Waals surface area (Å²) >= 11 is 0. The van der Waals surface area contributed by atoms with Gasteiger partial charge in [-0.15, -0.1) is 0 Å². The van der Waals surface area contributed by atoms with Gasteiger partial charge in [-0.25, -0.2) is 14.4 Å². The zero-order valence-electron chi connectivity index (χ0n) is 14.5. The van der Waals surface area contributed by atoms with Gasteiger partial charge in [-0.3, -0.25) is 0 Å². The van der Waals surface area contributed by atoms with Gasteiger partial charge < -0.3 is 24.6 Å². The van der Waals surface area contributed by atoms with Gasteiger partial charge >= 0.3 is 18.1 Å². The topological polar surface area (TPSA) is 88.2 Å². The second kappa shape index (κ2) is 8.91. The summed E-state index contributed by atoms with van der Waals surface area (Å²) in [4.78, 5) is 38.9. The lowest BCUT2D eigenvalue weighted by atomic mass is 10.2. The molecule has 0 unspecified atom stereocenters. The number of carbonyl (C=O) groups is 3. The van der Waals surface area contributed by atoms with Crippen molar-refractivity contribution in [3.63, 3.8) is 0 Å². The van der Waals surface area contributed by atoms with Gasteiger partial charge in [-0.05, 0) is 32.0 Å². The first kappa shape index (κ1) is 18.6. The molecule has 1 N–H and O–H groups in total. The van der Waals surface area contributed by atoms with E-state index in [2.05, 4.69) is 5.32 Å². The van der Waals surface area contributed by atoms with Crippen LogP contribution in [0.4, 0.5) is 15.3 Å². The highest BCUT2D eigenvalue weighted by Crippen LogP contribution is 2.13. The molecule has 136 valence electrons. The number of hydrogen-bond acceptors (Lipinski definition) is 5. The summed E-state index contributed by atoms with van der Waals surface area (Å²) in [7, 11) is 0. The van der Waals surface area contributed by atoms with Crippen molar-refractivity contribution < 1.29 is 23.9 Å². The molecule has 1 aromatic carbocycles. The van der Waals surface area contributed by atoms with Gasteiger partial charge in [0.05, 0.1) is 18.8 Å². The lowest BCUT2D eigenvalue weighted by Gasteiger charge is -2.34. The van der Waals surface area contributed by atoms with Gasteiger partial charge in [-0.2, -0.15) is 0 Å². The molecule has 0 aromatic heterocycles. The minimum absolute atomic E-state index is 0.274. The number of carbonyl (C=O) groups excluding carboxylic acids is 3. The molecule has 0 aliphatic carbocycles. The Labute approximate surface area is 146 Å². The zero-order chi connectivity index (χ0) is 18.2. The fraction of sp³-hybridized carbons (Fsp3) is 0.471. The molecule has 0 radical (unpaired) electrons. The van der Waals surface area contributed by atoms with Crippen LogP contribution in [-0.2, 0) is 9.47 Å². The second-order valence-corrected chi connectivity index (χ2v) is 5.40. The monoisotopic (exact) mass is 349 g/mol. The average Bonchev–Trinajstić information content (AvgIpc) is 2.62. The SMILES string of the molecule is CCOC(=O)c1cccc(NC(=O)N2CCN(C(=O)OCC)CC2)c1. The fourth-order valence-electron chi connectivity index (χ4n) is 2.45. The lowest BCUT2D eigenvalue weighted by molar-refractivity contribution is 0.0526. The van der Waals surface area contributed by atoms with E-state index in [1.165, 1.54) is 0 Å². The van der Waals surface area contributed by atoms with Crippen molar-refractivity contribution in [3.05, 3.63) is 29.8 Å². The maximum atomic E-state index is 12.3. The first-order valence-electron chi connectivity index (χ1n) is 8.30. The number of amides is 3. The van der Waals surface area contributed by atoms with Crippen molar-refractivity contribution in [2.75, 3.05) is 44.7 Å². The molecule has 0 saturated carbocycles. The van der Waals surface area contributed by atoms with Crippen LogP contribution in [0.15, 0.2) is 24.3 Å². The molecular formula is C17H23N3O5. The standard InChI is InChI=1S/C17H23N3O5/c1-3-24-15(21)13-6-5-7-14(12-13)18-16(22)19-8-10-20(11-9-19)17(23)25-4-2/h5-7,12H,3-4,8-11H2,1-2H3,(H,18,22). The third-order valence-corrected chi connectivity index (χ3v) is 3.72. The predicted octanol–water partition coefficient (Wildman–Crippen LogP) is 2.17. The molecule has 0 spiro atoms. The van der Waals surface area contributed by atoms with E-state index in [1.807, 2.05) is 0 Å². The third kappa shape index (κ3) is 5.10. The molecule has 8 heteroatoms. The summed E-state index contributed by atoms with van der Waals surface area (Å²) in [5.74, 6) is -0.429. The van der Waals surface area contributed by atoms with E-state index < -0.39 is 5.97 Å². The minimum atomic E-state index is -0.429. The van der Waals surface area contributed by atoms with E-state index in [9.17, 15) is 14.4 Å². The highest BCUT2D eigenvalue weighted by atomic mass is 16.6. The smallest absolute Gasteiger partial charge is 0.409 e. The van der Waals surface area contributed by atoms with Crippen molar-refractivity contribution >= 4 is 23.8 Å². The Bertz CT molecular complexity index is 626. The quantitative estimate of drug-likeness (QED) is 0.842. The molecule has 8 nitrogen and oxygen atoms in total. The number of rotatable bonds is 4. The number of nitrogens with one attached hydrogen (secondary N) is 1. The van der Waals surface area contributed by atoms with E-state index in [1.54, 1.807) is 47.9 Å². The van der Waals surface area contributed by atoms with Crippen LogP contribution in [0.3, 0.4) is 0 Å². The van der Waals surface area contributed by atoms with Crippen LogP contribution in [-0.4, -0.2) is 67.3 Å². The van der Waals surface area contributed by atoms with Crippen LogP contribution >= 0.6 is 0 Å². The highest BCUT2D eigenvalue weighted by molar-refractivity contribution is 5.94. The molecule has 1 heterocycles. The van der Waals surface area contributed by atoms with E-state index in [0.717, 1.165) is 0 Å². The lowest BCUT2D eigenvalue weighted by Crippen LogP contribution is -2.51. The Morgan fingerprint density at radius 1 is 1.00 bits per heavy atom. The Morgan fingerprint density at radius 2 is 1.64 bits per heavy atom. The number of piperazine rings is 1. The molecule has 1 aromatic rings. The summed E-state index contributed by atoms with van der Waals surface area (Å²) in [5.41, 5.74) is 0.898. The summed E-state index contributed by atoms with van der Waals surface area (Å²) in [6, 6.07) is 6.32. The minimum Gasteiger partial charge on any atom is -0.462 e. The summed E-state index contributed by atoms with van der Waals surface area (Å²) in [5, 5.41) is 2.76. The van der Waals surface area contributed by atoms with Gasteiger partial charge in [0.25, 0.3) is 0 Å². The molecule has 1 aliphatic heterocycles. The second-order valence-electron chi connectivity index (χ2n) is 5.40. The van der Waals surface area contributed by atoms with Crippen molar-refractivity contribution in [1.82, 2.24) is 9.80 Å². The maximum absolute atomic E-state index is 12.3. The van der Waals surface area contributed by atoms with Crippen molar-refractivity contribution in [2.45, 2.75) is 13.8 Å². The fourth-order valence-corrected chi connectivity index (χ4v) is 2.45. The molecule has 25 heavy (non-hydrogen) atoms. The average molecular weight is 349 g/mol. The molecule has 1 saturated heterocycles. The number of esters is 1. The van der Waals surface area contributed by atoms with Gasteiger partial charge in [0, 0.05) is 31.9 Å². The van der Waals surface area contributed by atoms with Gasteiger partial charge in [0.1, 0.15) is 0 Å². The Kier molecular flexibility index (Phi) is 6.62. The maximum Gasteiger partial charge on any atom is 0.409 e. The third-order valence-electron chi connectivity index (χ3n) is 3.72. The largest absolute Gasteiger partial charge is 0.462 e. The van der Waals surface area contributed by atoms with E-state index in [-0.39, 0.29) is 12.1 Å². The number of benzene rings is 1.